The van der Waals surface area contributed by atoms with Gasteiger partial charge in [-0.2, -0.15) is 0 Å². The molecule has 5 nitrogen and oxygen atoms in total. The number of aliphatic hydroxyl groups excluding tert-OH is 2. The van der Waals surface area contributed by atoms with Crippen molar-refractivity contribution in [3.8, 4) is 11.5 Å². The van der Waals surface area contributed by atoms with Crippen LogP contribution >= 0.6 is 0 Å². The summed E-state index contributed by atoms with van der Waals surface area (Å²) in [6, 6.07) is 14.0. The van der Waals surface area contributed by atoms with E-state index in [0.717, 1.165) is 5.56 Å². The van der Waals surface area contributed by atoms with Crippen LogP contribution in [-0.2, 0) is 6.61 Å². The summed E-state index contributed by atoms with van der Waals surface area (Å²) < 4.78 is 10.9. The number of hydrogen-bond acceptors (Lipinski definition) is 5. The first-order valence-electron chi connectivity index (χ1n) is 6.66. The molecule has 1 unspecified atom stereocenters. The number of aliphatic hydroxyl groups is 2. The lowest BCUT2D eigenvalue weighted by molar-refractivity contribution is 0.0626. The highest BCUT2D eigenvalue weighted by Gasteiger charge is 2.07. The lowest BCUT2D eigenvalue weighted by Crippen LogP contribution is -2.25. The lowest BCUT2D eigenvalue weighted by Gasteiger charge is -2.14. The van der Waals surface area contributed by atoms with E-state index in [-0.39, 0.29) is 19.8 Å². The van der Waals surface area contributed by atoms with Crippen molar-refractivity contribution in [3.63, 3.8) is 0 Å². The van der Waals surface area contributed by atoms with Gasteiger partial charge in [0.25, 0.3) is 0 Å². The molecule has 21 heavy (non-hydrogen) atoms. The van der Waals surface area contributed by atoms with Gasteiger partial charge in [0.2, 0.25) is 0 Å². The Bertz CT molecular complexity index is 556. The van der Waals surface area contributed by atoms with Gasteiger partial charge in [0.05, 0.1) is 6.61 Å². The second-order valence-electron chi connectivity index (χ2n) is 4.65. The summed E-state index contributed by atoms with van der Waals surface area (Å²) in [5.74, 6) is 1.25. The van der Waals surface area contributed by atoms with E-state index in [2.05, 4.69) is 0 Å². The molecule has 2 rings (SSSR count). The molecule has 0 radical (unpaired) electrons. The largest absolute Gasteiger partial charge is 0.491 e. The maximum Gasteiger partial charge on any atom is 0.122 e. The standard InChI is InChI=1S/C16H19NO4/c17-13-4-6-15(7-5-13)20-10-14(19)11-21-16-3-1-2-12(8-16)9-18/h1-8,14,18-19H,9-11,17H2. The zero-order valence-corrected chi connectivity index (χ0v) is 11.6. The Kier molecular flexibility index (Phi) is 5.43. The van der Waals surface area contributed by atoms with Gasteiger partial charge in [0.1, 0.15) is 30.8 Å². The fourth-order valence-corrected chi connectivity index (χ4v) is 1.73. The fraction of sp³-hybridized carbons (Fsp3) is 0.250. The number of anilines is 1. The Morgan fingerprint density at radius 2 is 1.62 bits per heavy atom. The van der Waals surface area contributed by atoms with Gasteiger partial charge >= 0.3 is 0 Å². The summed E-state index contributed by atoms with van der Waals surface area (Å²) in [7, 11) is 0. The first kappa shape index (κ1) is 15.2. The average Bonchev–Trinajstić information content (AvgIpc) is 2.52. The first-order chi connectivity index (χ1) is 10.2. The van der Waals surface area contributed by atoms with Crippen LogP contribution in [0.1, 0.15) is 5.56 Å². The van der Waals surface area contributed by atoms with E-state index in [1.807, 2.05) is 0 Å². The number of nitrogen functional groups attached to an aromatic ring is 1. The quantitative estimate of drug-likeness (QED) is 0.674. The maximum atomic E-state index is 9.83. The van der Waals surface area contributed by atoms with Crippen LogP contribution in [0.5, 0.6) is 11.5 Å². The zero-order valence-electron chi connectivity index (χ0n) is 11.6. The minimum atomic E-state index is -0.750. The van der Waals surface area contributed by atoms with Crippen molar-refractivity contribution in [1.82, 2.24) is 0 Å². The smallest absolute Gasteiger partial charge is 0.122 e. The Labute approximate surface area is 123 Å². The molecule has 0 aromatic heterocycles. The van der Waals surface area contributed by atoms with Crippen molar-refractivity contribution in [2.45, 2.75) is 12.7 Å². The zero-order chi connectivity index (χ0) is 15.1. The van der Waals surface area contributed by atoms with Crippen LogP contribution < -0.4 is 15.2 Å². The third-order valence-corrected chi connectivity index (χ3v) is 2.85. The van der Waals surface area contributed by atoms with E-state index in [1.54, 1.807) is 48.5 Å². The predicted octanol–water partition coefficient (Wildman–Crippen LogP) is 1.58. The Morgan fingerprint density at radius 1 is 0.952 bits per heavy atom. The Hall–Kier alpha value is -2.24. The van der Waals surface area contributed by atoms with Crippen molar-refractivity contribution in [2.75, 3.05) is 18.9 Å². The average molecular weight is 289 g/mol. The van der Waals surface area contributed by atoms with Crippen LogP contribution in [0, 0.1) is 0 Å². The van der Waals surface area contributed by atoms with Crippen molar-refractivity contribution in [1.29, 1.82) is 0 Å². The normalized spacial score (nSPS) is 11.9. The third kappa shape index (κ3) is 4.98. The summed E-state index contributed by atoms with van der Waals surface area (Å²) in [5, 5.41) is 18.9. The van der Waals surface area contributed by atoms with Gasteiger partial charge in [-0.05, 0) is 42.0 Å². The molecule has 0 saturated heterocycles. The number of ether oxygens (including phenoxy) is 2. The van der Waals surface area contributed by atoms with E-state index in [1.165, 1.54) is 0 Å². The minimum Gasteiger partial charge on any atom is -0.491 e. The van der Waals surface area contributed by atoms with Gasteiger partial charge < -0.3 is 25.4 Å². The number of nitrogens with two attached hydrogens (primary N) is 1. The molecule has 0 amide bonds. The SMILES string of the molecule is Nc1ccc(OCC(O)COc2cccc(CO)c2)cc1. The fourth-order valence-electron chi connectivity index (χ4n) is 1.73. The first-order valence-corrected chi connectivity index (χ1v) is 6.66. The van der Waals surface area contributed by atoms with E-state index in [9.17, 15) is 5.11 Å². The van der Waals surface area contributed by atoms with Crippen LogP contribution in [0.15, 0.2) is 48.5 Å². The summed E-state index contributed by atoms with van der Waals surface area (Å²) in [6.07, 6.45) is -0.750. The van der Waals surface area contributed by atoms with Gasteiger partial charge in [-0.3, -0.25) is 0 Å². The predicted molar refractivity (Wildman–Crippen MR) is 80.2 cm³/mol. The molecule has 2 aromatic rings. The molecular formula is C16H19NO4. The molecular weight excluding hydrogens is 270 g/mol. The van der Waals surface area contributed by atoms with E-state index in [0.29, 0.717) is 17.2 Å². The van der Waals surface area contributed by atoms with Crippen molar-refractivity contribution in [2.24, 2.45) is 0 Å². The topological polar surface area (TPSA) is 84.9 Å². The summed E-state index contributed by atoms with van der Waals surface area (Å²) in [5.41, 5.74) is 7.00. The minimum absolute atomic E-state index is 0.0417. The third-order valence-electron chi connectivity index (χ3n) is 2.85. The summed E-state index contributed by atoms with van der Waals surface area (Å²) in [6.45, 7) is 0.202. The lowest BCUT2D eigenvalue weighted by atomic mass is 10.2. The van der Waals surface area contributed by atoms with Gasteiger partial charge in [-0.15, -0.1) is 0 Å². The monoisotopic (exact) mass is 289 g/mol. The molecule has 5 heteroatoms. The molecule has 0 aliphatic carbocycles. The molecule has 1 atom stereocenters. The molecule has 0 spiro atoms. The molecule has 0 aliphatic rings. The van der Waals surface area contributed by atoms with Crippen LogP contribution in [-0.4, -0.2) is 29.5 Å². The van der Waals surface area contributed by atoms with Crippen LogP contribution in [0.3, 0.4) is 0 Å². The molecule has 2 aromatic carbocycles. The Morgan fingerprint density at radius 3 is 2.29 bits per heavy atom. The highest BCUT2D eigenvalue weighted by Crippen LogP contribution is 2.15. The second kappa shape index (κ2) is 7.52. The Balaban J connectivity index is 1.76. The molecule has 0 saturated carbocycles. The van der Waals surface area contributed by atoms with E-state index in [4.69, 9.17) is 20.3 Å². The molecule has 0 heterocycles. The van der Waals surface area contributed by atoms with Gasteiger partial charge in [-0.25, -0.2) is 0 Å². The molecule has 112 valence electrons. The molecule has 0 fully saturated rings. The van der Waals surface area contributed by atoms with Gasteiger partial charge in [0.15, 0.2) is 0 Å². The number of benzene rings is 2. The summed E-state index contributed by atoms with van der Waals surface area (Å²) in [4.78, 5) is 0. The van der Waals surface area contributed by atoms with Gasteiger partial charge in [0, 0.05) is 5.69 Å². The highest BCUT2D eigenvalue weighted by molar-refractivity contribution is 5.41. The van der Waals surface area contributed by atoms with E-state index >= 15 is 0 Å². The van der Waals surface area contributed by atoms with Crippen molar-refractivity contribution < 1.29 is 19.7 Å². The maximum absolute atomic E-state index is 9.83. The van der Waals surface area contributed by atoms with Gasteiger partial charge in [-0.1, -0.05) is 12.1 Å². The number of hydrogen-bond donors (Lipinski definition) is 3. The van der Waals surface area contributed by atoms with Crippen LogP contribution in [0.2, 0.25) is 0 Å². The molecule has 0 bridgehead atoms. The van der Waals surface area contributed by atoms with Crippen molar-refractivity contribution in [3.05, 3.63) is 54.1 Å². The van der Waals surface area contributed by atoms with Crippen LogP contribution in [0.4, 0.5) is 5.69 Å². The molecule has 0 aliphatic heterocycles. The molecule has 4 N–H and O–H groups in total. The number of rotatable bonds is 7. The second-order valence-corrected chi connectivity index (χ2v) is 4.65. The van der Waals surface area contributed by atoms with E-state index < -0.39 is 6.10 Å². The van der Waals surface area contributed by atoms with Crippen molar-refractivity contribution >= 4 is 5.69 Å². The highest BCUT2D eigenvalue weighted by atomic mass is 16.5. The summed E-state index contributed by atoms with van der Waals surface area (Å²) >= 11 is 0. The van der Waals surface area contributed by atoms with Crippen LogP contribution in [0.25, 0.3) is 0 Å².